The lowest BCUT2D eigenvalue weighted by Gasteiger charge is -2.12. The number of nitrogens with zero attached hydrogens (tertiary/aromatic N) is 4. The summed E-state index contributed by atoms with van der Waals surface area (Å²) in [6, 6.07) is 18.5. The van der Waals surface area contributed by atoms with Gasteiger partial charge in [-0.15, -0.1) is 0 Å². The minimum atomic E-state index is -3.75. The molecule has 0 saturated carbocycles. The van der Waals surface area contributed by atoms with Gasteiger partial charge >= 0.3 is 0 Å². The molecule has 3 heterocycles. The molecule has 8 heteroatoms. The Bertz CT molecular complexity index is 1640. The number of aromatic amines is 1. The van der Waals surface area contributed by atoms with E-state index < -0.39 is 10.0 Å². The van der Waals surface area contributed by atoms with Gasteiger partial charge < -0.3 is 9.88 Å². The van der Waals surface area contributed by atoms with E-state index in [-0.39, 0.29) is 4.90 Å². The molecule has 0 bridgehead atoms. The van der Waals surface area contributed by atoms with Gasteiger partial charge in [0.25, 0.3) is 10.0 Å². The first-order valence-corrected chi connectivity index (χ1v) is 12.0. The zero-order valence-corrected chi connectivity index (χ0v) is 19.4. The predicted molar refractivity (Wildman–Crippen MR) is 133 cm³/mol. The van der Waals surface area contributed by atoms with Crippen LogP contribution >= 0.6 is 0 Å². The monoisotopic (exact) mass is 467 g/mol. The minimum Gasteiger partial charge on any atom is -0.378 e. The zero-order chi connectivity index (χ0) is 23.7. The van der Waals surface area contributed by atoms with Gasteiger partial charge in [0.05, 0.1) is 28.4 Å². The number of benzene rings is 2. The molecule has 5 rings (SSSR count). The molecule has 0 saturated heterocycles. The van der Waals surface area contributed by atoms with Crippen molar-refractivity contribution in [2.75, 3.05) is 19.0 Å². The Hall–Kier alpha value is -4.35. The smallest absolute Gasteiger partial charge is 0.282 e. The second-order valence-corrected chi connectivity index (χ2v) is 9.73. The highest BCUT2D eigenvalue weighted by atomic mass is 32.2. The van der Waals surface area contributed by atoms with Crippen molar-refractivity contribution in [3.8, 4) is 23.0 Å². The molecule has 0 radical (unpaired) electrons. The summed E-state index contributed by atoms with van der Waals surface area (Å²) in [6.07, 6.45) is 6.49. The van der Waals surface area contributed by atoms with E-state index >= 15 is 0 Å². The van der Waals surface area contributed by atoms with E-state index in [1.165, 1.54) is 24.5 Å². The fraction of sp³-hybridized carbons (Fsp3) is 0.0769. The van der Waals surface area contributed by atoms with Gasteiger partial charge in [-0.05, 0) is 35.9 Å². The summed E-state index contributed by atoms with van der Waals surface area (Å²) in [4.78, 5) is 9.90. The molecule has 0 aliphatic heterocycles. The van der Waals surface area contributed by atoms with Crippen LogP contribution < -0.4 is 4.90 Å². The SMILES string of the molecule is CN(C)c1ccc(-c2cnc3[nH]cc(C#Cc4cnn(S(=O)(=O)c5ccccc5)c4)c3c2)cc1. The van der Waals surface area contributed by atoms with Crippen molar-refractivity contribution in [2.24, 2.45) is 0 Å². The standard InChI is InChI=1S/C26H21N5O2S/c1-30(2)23-12-10-20(11-13-23)22-14-25-21(16-27-26(25)28-17-22)9-8-19-15-29-31(18-19)34(32,33)24-6-4-3-5-7-24/h3-7,10-18H,1-2H3,(H,27,28). The quantitative estimate of drug-likeness (QED) is 0.402. The molecule has 0 fully saturated rings. The van der Waals surface area contributed by atoms with Crippen LogP contribution in [0.15, 0.2) is 90.3 Å². The molecule has 0 aliphatic carbocycles. The molecule has 168 valence electrons. The predicted octanol–water partition coefficient (Wildman–Crippen LogP) is 4.13. The van der Waals surface area contributed by atoms with E-state index in [0.717, 1.165) is 37.5 Å². The van der Waals surface area contributed by atoms with Crippen LogP contribution in [0.4, 0.5) is 5.69 Å². The van der Waals surface area contributed by atoms with Crippen molar-refractivity contribution in [1.29, 1.82) is 0 Å². The molecule has 1 N–H and O–H groups in total. The van der Waals surface area contributed by atoms with E-state index in [4.69, 9.17) is 0 Å². The molecule has 3 aromatic heterocycles. The normalized spacial score (nSPS) is 11.2. The Morgan fingerprint density at radius 1 is 0.941 bits per heavy atom. The van der Waals surface area contributed by atoms with Gasteiger partial charge in [0, 0.05) is 43.1 Å². The molecule has 0 spiro atoms. The van der Waals surface area contributed by atoms with E-state index in [1.54, 1.807) is 24.4 Å². The summed E-state index contributed by atoms with van der Waals surface area (Å²) in [5.41, 5.74) is 5.18. The highest BCUT2D eigenvalue weighted by molar-refractivity contribution is 7.89. The van der Waals surface area contributed by atoms with Crippen molar-refractivity contribution in [3.63, 3.8) is 0 Å². The first kappa shape index (κ1) is 21.5. The molecular weight excluding hydrogens is 446 g/mol. The van der Waals surface area contributed by atoms with E-state index in [9.17, 15) is 8.42 Å². The Balaban J connectivity index is 1.45. The number of rotatable bonds is 4. The molecule has 0 atom stereocenters. The summed E-state index contributed by atoms with van der Waals surface area (Å²) < 4.78 is 26.4. The summed E-state index contributed by atoms with van der Waals surface area (Å²) in [5, 5.41) is 4.90. The number of hydrogen-bond donors (Lipinski definition) is 1. The fourth-order valence-corrected chi connectivity index (χ4v) is 4.70. The largest absolute Gasteiger partial charge is 0.378 e. The van der Waals surface area contributed by atoms with Gasteiger partial charge in [0.1, 0.15) is 5.65 Å². The molecule has 0 amide bonds. The van der Waals surface area contributed by atoms with Gasteiger partial charge in [-0.2, -0.15) is 17.6 Å². The minimum absolute atomic E-state index is 0.173. The van der Waals surface area contributed by atoms with Crippen molar-refractivity contribution in [2.45, 2.75) is 4.90 Å². The topological polar surface area (TPSA) is 83.9 Å². The number of aromatic nitrogens is 4. The third kappa shape index (κ3) is 4.05. The van der Waals surface area contributed by atoms with Crippen LogP contribution in [0.25, 0.3) is 22.2 Å². The lowest BCUT2D eigenvalue weighted by Crippen LogP contribution is -2.13. The van der Waals surface area contributed by atoms with Crippen molar-refractivity contribution < 1.29 is 8.42 Å². The third-order valence-electron chi connectivity index (χ3n) is 5.44. The summed E-state index contributed by atoms with van der Waals surface area (Å²) in [6.45, 7) is 0. The van der Waals surface area contributed by atoms with Crippen LogP contribution in [0.5, 0.6) is 0 Å². The first-order valence-electron chi connectivity index (χ1n) is 10.5. The summed E-state index contributed by atoms with van der Waals surface area (Å²) in [5.74, 6) is 6.13. The Morgan fingerprint density at radius 2 is 1.71 bits per heavy atom. The number of fused-ring (bicyclic) bond motifs is 1. The molecule has 0 unspecified atom stereocenters. The molecule has 2 aromatic carbocycles. The lowest BCUT2D eigenvalue weighted by atomic mass is 10.1. The average molecular weight is 468 g/mol. The van der Waals surface area contributed by atoms with E-state index in [1.807, 2.05) is 20.3 Å². The molecule has 7 nitrogen and oxygen atoms in total. The van der Waals surface area contributed by atoms with Crippen molar-refractivity contribution >= 4 is 26.7 Å². The maximum Gasteiger partial charge on any atom is 0.282 e. The van der Waals surface area contributed by atoms with Gasteiger partial charge in [0.2, 0.25) is 0 Å². The number of hydrogen-bond acceptors (Lipinski definition) is 5. The second-order valence-electron chi connectivity index (χ2n) is 7.93. The number of pyridine rings is 1. The van der Waals surface area contributed by atoms with Crippen LogP contribution in [-0.2, 0) is 10.0 Å². The molecular formula is C26H21N5O2S. The van der Waals surface area contributed by atoms with Crippen molar-refractivity contribution in [1.82, 2.24) is 19.2 Å². The number of nitrogens with one attached hydrogen (secondary N) is 1. The van der Waals surface area contributed by atoms with Gasteiger partial charge in [-0.3, -0.25) is 0 Å². The molecule has 34 heavy (non-hydrogen) atoms. The Labute approximate surface area is 197 Å². The maximum absolute atomic E-state index is 12.7. The van der Waals surface area contributed by atoms with E-state index in [2.05, 4.69) is 62.1 Å². The lowest BCUT2D eigenvalue weighted by molar-refractivity contribution is 0.580. The highest BCUT2D eigenvalue weighted by Gasteiger charge is 2.17. The number of H-pyrrole nitrogens is 1. The molecule has 5 aromatic rings. The molecule has 0 aliphatic rings. The third-order valence-corrected chi connectivity index (χ3v) is 7.00. The summed E-state index contributed by atoms with van der Waals surface area (Å²) in [7, 11) is 0.265. The van der Waals surface area contributed by atoms with Crippen LogP contribution in [0.1, 0.15) is 11.1 Å². The van der Waals surface area contributed by atoms with Crippen LogP contribution in [0, 0.1) is 11.8 Å². The Morgan fingerprint density at radius 3 is 2.44 bits per heavy atom. The van der Waals surface area contributed by atoms with E-state index in [0.29, 0.717) is 5.56 Å². The zero-order valence-electron chi connectivity index (χ0n) is 18.6. The highest BCUT2D eigenvalue weighted by Crippen LogP contribution is 2.26. The Kier molecular flexibility index (Phi) is 5.40. The first-order chi connectivity index (χ1) is 16.4. The number of anilines is 1. The van der Waals surface area contributed by atoms with Gasteiger partial charge in [-0.25, -0.2) is 4.98 Å². The average Bonchev–Trinajstić information content (AvgIpc) is 3.50. The second kappa shape index (κ2) is 8.54. The van der Waals surface area contributed by atoms with Crippen molar-refractivity contribution in [3.05, 3.63) is 96.6 Å². The summed E-state index contributed by atoms with van der Waals surface area (Å²) >= 11 is 0. The maximum atomic E-state index is 12.7. The van der Waals surface area contributed by atoms with Crippen LogP contribution in [0.3, 0.4) is 0 Å². The van der Waals surface area contributed by atoms with Gasteiger partial charge in [0.15, 0.2) is 0 Å². The fourth-order valence-electron chi connectivity index (χ4n) is 3.56. The van der Waals surface area contributed by atoms with Gasteiger partial charge in [-0.1, -0.05) is 42.2 Å². The van der Waals surface area contributed by atoms with Crippen LogP contribution in [-0.4, -0.2) is 41.7 Å². The van der Waals surface area contributed by atoms with Crippen LogP contribution in [0.2, 0.25) is 0 Å².